The lowest BCUT2D eigenvalue weighted by atomic mass is 9.82. The third-order valence-electron chi connectivity index (χ3n) is 3.65. The predicted octanol–water partition coefficient (Wildman–Crippen LogP) is 3.20. The third-order valence-corrected chi connectivity index (χ3v) is 4.14. The number of aliphatic hydroxyl groups is 1. The van der Waals surface area contributed by atoms with Crippen molar-refractivity contribution in [3.63, 3.8) is 0 Å². The van der Waals surface area contributed by atoms with Gasteiger partial charge in [-0.15, -0.1) is 0 Å². The van der Waals surface area contributed by atoms with Gasteiger partial charge in [0, 0.05) is 13.0 Å². The number of nitrogens with zero attached hydrogens (tertiary/aromatic N) is 2. The number of rotatable bonds is 5. The third kappa shape index (κ3) is 3.02. The second kappa shape index (κ2) is 5.40. The molecule has 0 saturated carbocycles. The zero-order valence-corrected chi connectivity index (χ0v) is 12.2. The largest absolute Gasteiger partial charge is 0.392 e. The first-order chi connectivity index (χ1) is 7.83. The van der Waals surface area contributed by atoms with Crippen LogP contribution in [-0.2, 0) is 13.0 Å². The van der Waals surface area contributed by atoms with Gasteiger partial charge in [-0.05, 0) is 25.7 Å². The molecule has 1 rings (SSSR count). The highest BCUT2D eigenvalue weighted by Crippen LogP contribution is 2.30. The lowest BCUT2D eigenvalue weighted by molar-refractivity contribution is 0.0463. The van der Waals surface area contributed by atoms with Gasteiger partial charge in [-0.3, -0.25) is 4.68 Å². The minimum absolute atomic E-state index is 0.0971. The molecule has 0 amide bonds. The van der Waals surface area contributed by atoms with E-state index in [2.05, 4.69) is 25.9 Å². The number of hydrogen-bond acceptors (Lipinski definition) is 2. The summed E-state index contributed by atoms with van der Waals surface area (Å²) in [5.41, 5.74) is 1.69. The number of aromatic nitrogens is 2. The molecular formula is C13H23ClN2O. The molecule has 0 aliphatic heterocycles. The zero-order valence-electron chi connectivity index (χ0n) is 11.4. The minimum atomic E-state index is -0.397. The fraction of sp³-hybridized carbons (Fsp3) is 0.769. The molecule has 0 saturated heterocycles. The summed E-state index contributed by atoms with van der Waals surface area (Å²) >= 11 is 6.24. The lowest BCUT2D eigenvalue weighted by Crippen LogP contribution is -2.31. The Morgan fingerprint density at radius 2 is 2.00 bits per heavy atom. The molecule has 0 radical (unpaired) electrons. The molecule has 1 unspecified atom stereocenters. The summed E-state index contributed by atoms with van der Waals surface area (Å²) in [6.45, 7) is 10.9. The van der Waals surface area contributed by atoms with Crippen molar-refractivity contribution in [2.24, 2.45) is 5.41 Å². The predicted molar refractivity (Wildman–Crippen MR) is 71.4 cm³/mol. The number of aliphatic hydroxyl groups excluding tert-OH is 1. The van der Waals surface area contributed by atoms with E-state index in [1.165, 1.54) is 0 Å². The molecule has 0 bridgehead atoms. The molecule has 1 atom stereocenters. The highest BCUT2D eigenvalue weighted by atomic mass is 35.5. The summed E-state index contributed by atoms with van der Waals surface area (Å²) in [7, 11) is 0. The van der Waals surface area contributed by atoms with Crippen LogP contribution in [-0.4, -0.2) is 21.0 Å². The molecule has 0 spiro atoms. The Kier molecular flexibility index (Phi) is 4.62. The molecule has 4 heteroatoms. The van der Waals surface area contributed by atoms with E-state index in [1.807, 2.05) is 18.5 Å². The van der Waals surface area contributed by atoms with Crippen molar-refractivity contribution in [1.29, 1.82) is 0 Å². The second-order valence-electron chi connectivity index (χ2n) is 5.22. The fourth-order valence-corrected chi connectivity index (χ4v) is 1.97. The number of hydrogen-bond donors (Lipinski definition) is 1. The molecule has 17 heavy (non-hydrogen) atoms. The van der Waals surface area contributed by atoms with Crippen LogP contribution in [0.2, 0.25) is 5.02 Å². The van der Waals surface area contributed by atoms with Crippen molar-refractivity contribution in [3.8, 4) is 0 Å². The van der Waals surface area contributed by atoms with E-state index in [9.17, 15) is 5.11 Å². The Balaban J connectivity index is 2.95. The molecule has 1 heterocycles. The second-order valence-corrected chi connectivity index (χ2v) is 5.60. The van der Waals surface area contributed by atoms with Gasteiger partial charge in [0.05, 0.1) is 22.5 Å². The summed E-state index contributed by atoms with van der Waals surface area (Å²) in [5, 5.41) is 15.3. The topological polar surface area (TPSA) is 38.0 Å². The molecule has 1 aromatic rings. The van der Waals surface area contributed by atoms with Crippen molar-refractivity contribution in [1.82, 2.24) is 9.78 Å². The monoisotopic (exact) mass is 258 g/mol. The highest BCUT2D eigenvalue weighted by molar-refractivity contribution is 6.31. The quantitative estimate of drug-likeness (QED) is 0.881. The molecule has 3 nitrogen and oxygen atoms in total. The minimum Gasteiger partial charge on any atom is -0.392 e. The standard InChI is InChI=1S/C13H23ClN2O/c1-6-13(4,5)11(17)8-10-12(14)9(3)15-16(10)7-2/h11,17H,6-8H2,1-5H3. The fourth-order valence-electron chi connectivity index (χ4n) is 1.76. The lowest BCUT2D eigenvalue weighted by Gasteiger charge is -2.29. The van der Waals surface area contributed by atoms with Gasteiger partial charge >= 0.3 is 0 Å². The van der Waals surface area contributed by atoms with Crippen LogP contribution in [0.4, 0.5) is 0 Å². The SMILES string of the molecule is CCn1nc(C)c(Cl)c1CC(O)C(C)(C)CC. The van der Waals surface area contributed by atoms with Crippen LogP contribution in [0.3, 0.4) is 0 Å². The molecule has 1 N–H and O–H groups in total. The van der Waals surface area contributed by atoms with Crippen LogP contribution < -0.4 is 0 Å². The van der Waals surface area contributed by atoms with E-state index >= 15 is 0 Å². The maximum Gasteiger partial charge on any atom is 0.0848 e. The number of halogens is 1. The first-order valence-electron chi connectivity index (χ1n) is 6.23. The first-order valence-corrected chi connectivity index (χ1v) is 6.61. The van der Waals surface area contributed by atoms with Crippen LogP contribution in [0.25, 0.3) is 0 Å². The van der Waals surface area contributed by atoms with Gasteiger partial charge in [0.1, 0.15) is 0 Å². The average molecular weight is 259 g/mol. The molecule has 0 aliphatic carbocycles. The Labute approximate surface area is 109 Å². The Bertz CT molecular complexity index is 385. The molecule has 0 fully saturated rings. The Hall–Kier alpha value is -0.540. The maximum absolute atomic E-state index is 10.3. The maximum atomic E-state index is 10.3. The first kappa shape index (κ1) is 14.5. The van der Waals surface area contributed by atoms with E-state index in [4.69, 9.17) is 11.6 Å². The molecule has 0 aromatic carbocycles. The van der Waals surface area contributed by atoms with Gasteiger partial charge in [-0.1, -0.05) is 32.4 Å². The molecule has 0 aliphatic rings. The smallest absolute Gasteiger partial charge is 0.0848 e. The van der Waals surface area contributed by atoms with Gasteiger partial charge in [-0.25, -0.2) is 0 Å². The van der Waals surface area contributed by atoms with Crippen LogP contribution in [0.1, 0.15) is 45.5 Å². The van der Waals surface area contributed by atoms with Crippen molar-refractivity contribution in [3.05, 3.63) is 16.4 Å². The van der Waals surface area contributed by atoms with Gasteiger partial charge in [-0.2, -0.15) is 5.10 Å². The summed E-state index contributed by atoms with van der Waals surface area (Å²) < 4.78 is 1.88. The van der Waals surface area contributed by atoms with Crippen molar-refractivity contribution in [2.45, 2.75) is 60.1 Å². The van der Waals surface area contributed by atoms with E-state index in [1.54, 1.807) is 0 Å². The van der Waals surface area contributed by atoms with Gasteiger partial charge in [0.15, 0.2) is 0 Å². The van der Waals surface area contributed by atoms with E-state index < -0.39 is 6.10 Å². The van der Waals surface area contributed by atoms with E-state index in [-0.39, 0.29) is 5.41 Å². The van der Waals surface area contributed by atoms with Crippen molar-refractivity contribution < 1.29 is 5.11 Å². The molecular weight excluding hydrogens is 236 g/mol. The highest BCUT2D eigenvalue weighted by Gasteiger charge is 2.28. The van der Waals surface area contributed by atoms with Crippen molar-refractivity contribution >= 4 is 11.6 Å². The van der Waals surface area contributed by atoms with Crippen LogP contribution in [0.5, 0.6) is 0 Å². The average Bonchev–Trinajstić information content (AvgIpc) is 2.56. The molecule has 1 aromatic heterocycles. The summed E-state index contributed by atoms with van der Waals surface area (Å²) in [5.74, 6) is 0. The Morgan fingerprint density at radius 1 is 1.41 bits per heavy atom. The summed E-state index contributed by atoms with van der Waals surface area (Å²) in [6.07, 6.45) is 1.10. The summed E-state index contributed by atoms with van der Waals surface area (Å²) in [4.78, 5) is 0. The van der Waals surface area contributed by atoms with E-state index in [0.29, 0.717) is 11.4 Å². The van der Waals surface area contributed by atoms with Gasteiger partial charge in [0.25, 0.3) is 0 Å². The Morgan fingerprint density at radius 3 is 2.47 bits per heavy atom. The number of aryl methyl sites for hydroxylation is 2. The van der Waals surface area contributed by atoms with Gasteiger partial charge in [0.2, 0.25) is 0 Å². The normalized spacial score (nSPS) is 14.1. The van der Waals surface area contributed by atoms with Crippen LogP contribution >= 0.6 is 11.6 Å². The zero-order chi connectivity index (χ0) is 13.2. The molecule has 98 valence electrons. The van der Waals surface area contributed by atoms with E-state index in [0.717, 1.165) is 24.4 Å². The van der Waals surface area contributed by atoms with Crippen molar-refractivity contribution in [2.75, 3.05) is 0 Å². The van der Waals surface area contributed by atoms with Gasteiger partial charge < -0.3 is 5.11 Å². The van der Waals surface area contributed by atoms with Crippen LogP contribution in [0.15, 0.2) is 0 Å². The summed E-state index contributed by atoms with van der Waals surface area (Å²) in [6, 6.07) is 0. The van der Waals surface area contributed by atoms with Crippen LogP contribution in [0, 0.1) is 12.3 Å².